The lowest BCUT2D eigenvalue weighted by molar-refractivity contribution is -0.118. The van der Waals surface area contributed by atoms with Crippen LogP contribution in [0, 0.1) is 0 Å². The first-order chi connectivity index (χ1) is 14.8. The van der Waals surface area contributed by atoms with E-state index in [0.717, 1.165) is 5.56 Å². The van der Waals surface area contributed by atoms with Crippen molar-refractivity contribution >= 4 is 44.8 Å². The summed E-state index contributed by atoms with van der Waals surface area (Å²) >= 11 is 12.0. The summed E-state index contributed by atoms with van der Waals surface area (Å²) < 4.78 is 32.8. The van der Waals surface area contributed by atoms with Crippen molar-refractivity contribution in [2.24, 2.45) is 0 Å². The molecule has 6 nitrogen and oxygen atoms in total. The highest BCUT2D eigenvalue weighted by molar-refractivity contribution is 7.89. The molecule has 0 aromatic heterocycles. The fourth-order valence-corrected chi connectivity index (χ4v) is 4.24. The van der Waals surface area contributed by atoms with Crippen molar-refractivity contribution in [3.05, 3.63) is 88.4 Å². The number of hydrogen-bond acceptors (Lipinski definition) is 4. The van der Waals surface area contributed by atoms with Gasteiger partial charge in [0.15, 0.2) is 6.61 Å². The first kappa shape index (κ1) is 23.1. The third kappa shape index (κ3) is 6.70. The third-order valence-electron chi connectivity index (χ3n) is 4.28. The van der Waals surface area contributed by atoms with Crippen molar-refractivity contribution in [3.63, 3.8) is 0 Å². The molecule has 1 amide bonds. The van der Waals surface area contributed by atoms with Crippen molar-refractivity contribution in [1.82, 2.24) is 4.72 Å². The zero-order valence-corrected chi connectivity index (χ0v) is 18.7. The summed E-state index contributed by atoms with van der Waals surface area (Å²) in [6, 6.07) is 20.3. The van der Waals surface area contributed by atoms with Crippen molar-refractivity contribution in [1.29, 1.82) is 0 Å². The summed E-state index contributed by atoms with van der Waals surface area (Å²) in [7, 11) is -3.64. The molecule has 162 valence electrons. The monoisotopic (exact) mass is 478 g/mol. The van der Waals surface area contributed by atoms with Crippen LogP contribution in [-0.4, -0.2) is 27.5 Å². The third-order valence-corrected chi connectivity index (χ3v) is 6.39. The second kappa shape index (κ2) is 10.6. The van der Waals surface area contributed by atoms with Gasteiger partial charge in [-0.05, 0) is 48.4 Å². The molecular formula is C22H20Cl2N2O4S. The van der Waals surface area contributed by atoms with Crippen LogP contribution < -0.4 is 14.8 Å². The first-order valence-electron chi connectivity index (χ1n) is 9.35. The predicted octanol–water partition coefficient (Wildman–Crippen LogP) is 4.53. The predicted molar refractivity (Wildman–Crippen MR) is 122 cm³/mol. The molecule has 0 saturated carbocycles. The minimum absolute atomic E-state index is 0.111. The summed E-state index contributed by atoms with van der Waals surface area (Å²) in [6.07, 6.45) is 0.589. The lowest BCUT2D eigenvalue weighted by Crippen LogP contribution is -2.26. The Morgan fingerprint density at radius 3 is 2.16 bits per heavy atom. The molecular weight excluding hydrogens is 459 g/mol. The molecule has 0 bridgehead atoms. The molecule has 2 N–H and O–H groups in total. The molecule has 3 aromatic carbocycles. The van der Waals surface area contributed by atoms with Gasteiger partial charge in [0.25, 0.3) is 5.91 Å². The summed E-state index contributed by atoms with van der Waals surface area (Å²) in [5.41, 5.74) is 1.35. The number of benzene rings is 3. The number of carbonyl (C=O) groups is 1. The Morgan fingerprint density at radius 2 is 1.52 bits per heavy atom. The van der Waals surface area contributed by atoms with Gasteiger partial charge in [0.2, 0.25) is 10.0 Å². The van der Waals surface area contributed by atoms with Crippen LogP contribution in [0.3, 0.4) is 0 Å². The Morgan fingerprint density at radius 1 is 0.871 bits per heavy atom. The van der Waals surface area contributed by atoms with Crippen molar-refractivity contribution in [3.8, 4) is 5.75 Å². The fraction of sp³-hybridized carbons (Fsp3) is 0.136. The van der Waals surface area contributed by atoms with Crippen LogP contribution in [-0.2, 0) is 21.2 Å². The maximum Gasteiger partial charge on any atom is 0.262 e. The number of amides is 1. The van der Waals surface area contributed by atoms with Crippen LogP contribution in [0.5, 0.6) is 5.75 Å². The number of para-hydroxylation sites is 1. The number of rotatable bonds is 9. The Hall–Kier alpha value is -2.58. The molecule has 0 unspecified atom stereocenters. The number of carbonyl (C=O) groups excluding carboxylic acids is 1. The first-order valence-corrected chi connectivity index (χ1v) is 11.6. The minimum atomic E-state index is -3.64. The number of halogens is 2. The van der Waals surface area contributed by atoms with E-state index < -0.39 is 15.9 Å². The maximum absolute atomic E-state index is 12.4. The van der Waals surface area contributed by atoms with Crippen LogP contribution >= 0.6 is 23.2 Å². The van der Waals surface area contributed by atoms with Crippen LogP contribution in [0.4, 0.5) is 5.69 Å². The quantitative estimate of drug-likeness (QED) is 0.472. The van der Waals surface area contributed by atoms with Crippen LogP contribution in [0.25, 0.3) is 0 Å². The summed E-state index contributed by atoms with van der Waals surface area (Å²) in [5, 5.41) is 3.22. The molecule has 3 aromatic rings. The molecule has 0 heterocycles. The molecule has 0 radical (unpaired) electrons. The minimum Gasteiger partial charge on any atom is -0.484 e. The van der Waals surface area contributed by atoms with Crippen molar-refractivity contribution in [2.45, 2.75) is 11.3 Å². The summed E-state index contributed by atoms with van der Waals surface area (Å²) in [4.78, 5) is 12.2. The molecule has 9 heteroatoms. The van der Waals surface area contributed by atoms with Gasteiger partial charge in [-0.25, -0.2) is 13.1 Å². The molecule has 0 spiro atoms. The van der Waals surface area contributed by atoms with E-state index in [9.17, 15) is 13.2 Å². The highest BCUT2D eigenvalue weighted by Crippen LogP contribution is 2.29. The Labute approximate surface area is 191 Å². The summed E-state index contributed by atoms with van der Waals surface area (Å²) in [5.74, 6) is -0.0992. The van der Waals surface area contributed by atoms with Gasteiger partial charge < -0.3 is 10.1 Å². The van der Waals surface area contributed by atoms with E-state index in [4.69, 9.17) is 27.9 Å². The zero-order chi connectivity index (χ0) is 22.3. The van der Waals surface area contributed by atoms with Gasteiger partial charge in [-0.3, -0.25) is 4.79 Å². The van der Waals surface area contributed by atoms with E-state index in [1.165, 1.54) is 24.3 Å². The molecule has 31 heavy (non-hydrogen) atoms. The van der Waals surface area contributed by atoms with Gasteiger partial charge in [0, 0.05) is 6.54 Å². The summed E-state index contributed by atoms with van der Waals surface area (Å²) in [6.45, 7) is -0.00164. The van der Waals surface area contributed by atoms with Crippen LogP contribution in [0.15, 0.2) is 77.7 Å². The Balaban J connectivity index is 1.51. The number of anilines is 1. The van der Waals surface area contributed by atoms with Gasteiger partial charge in [0.1, 0.15) is 5.75 Å². The van der Waals surface area contributed by atoms with Crippen molar-refractivity contribution < 1.29 is 17.9 Å². The Bertz CT molecular complexity index is 1120. The maximum atomic E-state index is 12.4. The van der Waals surface area contributed by atoms with Crippen molar-refractivity contribution in [2.75, 3.05) is 18.5 Å². The SMILES string of the molecule is O=C(COc1ccc(S(=O)(=O)NCCc2ccccc2)cc1)Nc1c(Cl)cccc1Cl. The normalized spacial score (nSPS) is 11.2. The van der Waals surface area contributed by atoms with Gasteiger partial charge in [-0.1, -0.05) is 59.6 Å². The highest BCUT2D eigenvalue weighted by atomic mass is 35.5. The molecule has 3 rings (SSSR count). The number of ether oxygens (including phenoxy) is 1. The standard InChI is InChI=1S/C22H20Cl2N2O4S/c23-19-7-4-8-20(24)22(19)26-21(27)15-30-17-9-11-18(12-10-17)31(28,29)25-14-13-16-5-2-1-3-6-16/h1-12,25H,13-15H2,(H,26,27). The van der Waals surface area contributed by atoms with Gasteiger partial charge in [0.05, 0.1) is 20.6 Å². The topological polar surface area (TPSA) is 84.5 Å². The van der Waals surface area contributed by atoms with Gasteiger partial charge in [-0.2, -0.15) is 0 Å². The average Bonchev–Trinajstić information content (AvgIpc) is 2.76. The highest BCUT2D eigenvalue weighted by Gasteiger charge is 2.14. The van der Waals surface area contributed by atoms with E-state index in [0.29, 0.717) is 27.9 Å². The molecule has 0 aliphatic rings. The Kier molecular flexibility index (Phi) is 7.92. The number of nitrogens with one attached hydrogen (secondary N) is 2. The molecule has 0 fully saturated rings. The average molecular weight is 479 g/mol. The fourth-order valence-electron chi connectivity index (χ4n) is 2.71. The van der Waals surface area contributed by atoms with E-state index in [2.05, 4.69) is 10.0 Å². The second-order valence-electron chi connectivity index (χ2n) is 6.54. The lowest BCUT2D eigenvalue weighted by atomic mass is 10.2. The smallest absolute Gasteiger partial charge is 0.262 e. The van der Waals surface area contributed by atoms with E-state index in [1.54, 1.807) is 18.2 Å². The second-order valence-corrected chi connectivity index (χ2v) is 9.12. The van der Waals surface area contributed by atoms with Crippen LogP contribution in [0.2, 0.25) is 10.0 Å². The van der Waals surface area contributed by atoms with Crippen LogP contribution in [0.1, 0.15) is 5.56 Å². The largest absolute Gasteiger partial charge is 0.484 e. The molecule has 0 aliphatic heterocycles. The lowest BCUT2D eigenvalue weighted by Gasteiger charge is -2.11. The van der Waals surface area contributed by atoms with E-state index in [1.807, 2.05) is 30.3 Å². The number of sulfonamides is 1. The number of hydrogen-bond donors (Lipinski definition) is 2. The van der Waals surface area contributed by atoms with E-state index in [-0.39, 0.29) is 18.0 Å². The van der Waals surface area contributed by atoms with E-state index >= 15 is 0 Å². The molecule has 0 saturated heterocycles. The zero-order valence-electron chi connectivity index (χ0n) is 16.3. The van der Waals surface area contributed by atoms with Gasteiger partial charge >= 0.3 is 0 Å². The molecule has 0 atom stereocenters. The molecule has 0 aliphatic carbocycles. The van der Waals surface area contributed by atoms with Gasteiger partial charge in [-0.15, -0.1) is 0 Å².